The summed E-state index contributed by atoms with van der Waals surface area (Å²) in [4.78, 5) is 13.4. The maximum atomic E-state index is 13.4. The number of likely N-dealkylation sites (N-methyl/N-ethyl adjacent to an activating group) is 2. The zero-order valence-corrected chi connectivity index (χ0v) is 17.7. The van der Waals surface area contributed by atoms with Gasteiger partial charge < -0.3 is 21.3 Å². The number of nitrogens with one attached hydrogen (secondary N) is 4. The second kappa shape index (κ2) is 9.38. The summed E-state index contributed by atoms with van der Waals surface area (Å²) in [6, 6.07) is 11.8. The number of anilines is 1. The van der Waals surface area contributed by atoms with Gasteiger partial charge in [0.05, 0.1) is 22.1 Å². The summed E-state index contributed by atoms with van der Waals surface area (Å²) >= 11 is 0. The van der Waals surface area contributed by atoms with Gasteiger partial charge in [0.1, 0.15) is 0 Å². The maximum Gasteiger partial charge on any atom is 0.199 e. The van der Waals surface area contributed by atoms with Crippen LogP contribution in [0.1, 0.15) is 19.5 Å². The highest BCUT2D eigenvalue weighted by Crippen LogP contribution is 2.30. The Morgan fingerprint density at radius 3 is 2.40 bits per heavy atom. The number of hydrogen-bond acceptors (Lipinski definition) is 6. The molecule has 0 saturated heterocycles. The van der Waals surface area contributed by atoms with E-state index in [-0.39, 0.29) is 5.43 Å². The van der Waals surface area contributed by atoms with Crippen molar-refractivity contribution in [1.29, 1.82) is 0 Å². The van der Waals surface area contributed by atoms with Crippen molar-refractivity contribution >= 4 is 32.9 Å². The van der Waals surface area contributed by atoms with Crippen LogP contribution in [0.15, 0.2) is 41.2 Å². The van der Waals surface area contributed by atoms with Crippen molar-refractivity contribution in [2.45, 2.75) is 20.4 Å². The second-order valence-corrected chi connectivity index (χ2v) is 7.40. The molecule has 2 heterocycles. The Balaban J connectivity index is 1.79. The molecule has 4 N–H and O–H groups in total. The molecule has 0 bridgehead atoms. The number of nitrogens with zero attached hydrogens (tertiary/aromatic N) is 2. The average molecular weight is 407 g/mol. The fourth-order valence-corrected chi connectivity index (χ4v) is 3.96. The normalized spacial score (nSPS) is 11.8. The molecule has 0 unspecified atom stereocenters. The van der Waals surface area contributed by atoms with E-state index in [9.17, 15) is 4.79 Å². The Morgan fingerprint density at radius 1 is 0.867 bits per heavy atom. The Hall–Kier alpha value is -2.74. The molecule has 158 valence electrons. The van der Waals surface area contributed by atoms with Gasteiger partial charge in [-0.3, -0.25) is 4.79 Å². The number of pyridine rings is 1. The van der Waals surface area contributed by atoms with E-state index in [2.05, 4.69) is 41.2 Å². The SMILES string of the molecule is CCNCCNCc1nn2c3ccccc3c(=O)c3c(NCCNCC)ccc1c32. The molecule has 0 fully saturated rings. The third kappa shape index (κ3) is 3.84. The van der Waals surface area contributed by atoms with Crippen molar-refractivity contribution < 1.29 is 0 Å². The van der Waals surface area contributed by atoms with E-state index in [0.29, 0.717) is 17.3 Å². The van der Waals surface area contributed by atoms with Crippen LogP contribution in [0.25, 0.3) is 27.2 Å². The molecular weight excluding hydrogens is 376 g/mol. The van der Waals surface area contributed by atoms with Gasteiger partial charge in [-0.15, -0.1) is 0 Å². The predicted molar refractivity (Wildman–Crippen MR) is 125 cm³/mol. The number of fused-ring (bicyclic) bond motifs is 2. The molecule has 0 aliphatic rings. The first-order chi connectivity index (χ1) is 14.8. The molecule has 4 rings (SSSR count). The second-order valence-electron chi connectivity index (χ2n) is 7.40. The van der Waals surface area contributed by atoms with E-state index < -0.39 is 0 Å². The maximum absolute atomic E-state index is 13.4. The van der Waals surface area contributed by atoms with Crippen molar-refractivity contribution in [2.75, 3.05) is 44.6 Å². The summed E-state index contributed by atoms with van der Waals surface area (Å²) < 4.78 is 1.94. The lowest BCUT2D eigenvalue weighted by Gasteiger charge is -2.11. The fourth-order valence-electron chi connectivity index (χ4n) is 3.96. The van der Waals surface area contributed by atoms with Crippen LogP contribution in [0.3, 0.4) is 0 Å². The number of para-hydroxylation sites is 1. The Morgan fingerprint density at radius 2 is 1.60 bits per heavy atom. The van der Waals surface area contributed by atoms with Crippen molar-refractivity contribution in [3.63, 3.8) is 0 Å². The van der Waals surface area contributed by atoms with Gasteiger partial charge in [-0.1, -0.05) is 26.0 Å². The summed E-state index contributed by atoms with van der Waals surface area (Å²) in [5.41, 5.74) is 3.64. The average Bonchev–Trinajstić information content (AvgIpc) is 3.14. The number of hydrogen-bond donors (Lipinski definition) is 4. The first-order valence-corrected chi connectivity index (χ1v) is 10.8. The molecule has 2 aromatic heterocycles. The molecule has 2 aromatic carbocycles. The molecule has 0 atom stereocenters. The van der Waals surface area contributed by atoms with E-state index >= 15 is 0 Å². The minimum Gasteiger partial charge on any atom is -0.383 e. The van der Waals surface area contributed by atoms with Gasteiger partial charge >= 0.3 is 0 Å². The lowest BCUT2D eigenvalue weighted by molar-refractivity contribution is 0.618. The molecule has 0 aliphatic heterocycles. The van der Waals surface area contributed by atoms with Crippen LogP contribution in [0.2, 0.25) is 0 Å². The van der Waals surface area contributed by atoms with Crippen LogP contribution >= 0.6 is 0 Å². The molecule has 7 heteroatoms. The van der Waals surface area contributed by atoms with E-state index in [1.807, 2.05) is 34.8 Å². The molecule has 0 aliphatic carbocycles. The van der Waals surface area contributed by atoms with Crippen LogP contribution in [0, 0.1) is 0 Å². The highest BCUT2D eigenvalue weighted by Gasteiger charge is 2.19. The van der Waals surface area contributed by atoms with Crippen LogP contribution in [0.4, 0.5) is 5.69 Å². The largest absolute Gasteiger partial charge is 0.383 e. The van der Waals surface area contributed by atoms with Crippen molar-refractivity contribution in [3.8, 4) is 0 Å². The first-order valence-electron chi connectivity index (χ1n) is 10.8. The van der Waals surface area contributed by atoms with Gasteiger partial charge in [0.2, 0.25) is 0 Å². The molecule has 0 amide bonds. The van der Waals surface area contributed by atoms with Crippen LogP contribution in [0.5, 0.6) is 0 Å². The molecule has 0 radical (unpaired) electrons. The Bertz CT molecular complexity index is 1190. The predicted octanol–water partition coefficient (Wildman–Crippen LogP) is 2.16. The van der Waals surface area contributed by atoms with Gasteiger partial charge in [0, 0.05) is 49.2 Å². The van der Waals surface area contributed by atoms with Gasteiger partial charge in [0.25, 0.3) is 0 Å². The quantitative estimate of drug-likeness (QED) is 0.226. The van der Waals surface area contributed by atoms with Gasteiger partial charge in [-0.25, -0.2) is 4.52 Å². The lowest BCUT2D eigenvalue weighted by atomic mass is 10.1. The van der Waals surface area contributed by atoms with Gasteiger partial charge in [0.15, 0.2) is 5.43 Å². The third-order valence-electron chi connectivity index (χ3n) is 5.41. The monoisotopic (exact) mass is 406 g/mol. The summed E-state index contributed by atoms with van der Waals surface area (Å²) in [6.07, 6.45) is 0. The van der Waals surface area contributed by atoms with Gasteiger partial charge in [-0.05, 0) is 37.4 Å². The summed E-state index contributed by atoms with van der Waals surface area (Å²) in [5, 5.41) is 20.9. The highest BCUT2D eigenvalue weighted by atomic mass is 16.1. The molecule has 0 saturated carbocycles. The van der Waals surface area contributed by atoms with E-state index in [1.54, 1.807) is 0 Å². The Kier molecular flexibility index (Phi) is 6.42. The van der Waals surface area contributed by atoms with Crippen molar-refractivity contribution in [2.24, 2.45) is 0 Å². The molecule has 30 heavy (non-hydrogen) atoms. The summed E-state index contributed by atoms with van der Waals surface area (Å²) in [6.45, 7) is 10.1. The van der Waals surface area contributed by atoms with E-state index in [0.717, 1.165) is 67.1 Å². The Labute approximate surface area is 176 Å². The third-order valence-corrected chi connectivity index (χ3v) is 5.41. The standard InChI is InChI=1S/C23H30N6O/c1-3-24-11-12-26-15-19-16-9-10-18(27-14-13-25-4-2)21-22(16)29(28-19)20-8-6-5-7-17(20)23(21)30/h5-10,24-27H,3-4,11-15H2,1-2H3. The minimum atomic E-state index is 0.0567. The van der Waals surface area contributed by atoms with Crippen LogP contribution in [-0.2, 0) is 6.54 Å². The number of benzene rings is 2. The first kappa shape index (κ1) is 20.5. The smallest absolute Gasteiger partial charge is 0.199 e. The zero-order chi connectivity index (χ0) is 20.9. The fraction of sp³-hybridized carbons (Fsp3) is 0.391. The van der Waals surface area contributed by atoms with Crippen molar-refractivity contribution in [1.82, 2.24) is 25.6 Å². The molecule has 4 aromatic rings. The number of rotatable bonds is 11. The molecule has 7 nitrogen and oxygen atoms in total. The summed E-state index contributed by atoms with van der Waals surface area (Å²) in [5.74, 6) is 0. The van der Waals surface area contributed by atoms with E-state index in [1.165, 1.54) is 0 Å². The van der Waals surface area contributed by atoms with Gasteiger partial charge in [-0.2, -0.15) is 5.10 Å². The van der Waals surface area contributed by atoms with Crippen molar-refractivity contribution in [3.05, 3.63) is 52.3 Å². The minimum absolute atomic E-state index is 0.0567. The number of aromatic nitrogens is 2. The molecular formula is C23H30N6O. The molecule has 0 spiro atoms. The topological polar surface area (TPSA) is 82.5 Å². The summed E-state index contributed by atoms with van der Waals surface area (Å²) in [7, 11) is 0. The van der Waals surface area contributed by atoms with E-state index in [4.69, 9.17) is 5.10 Å². The van der Waals surface area contributed by atoms with Crippen LogP contribution in [-0.4, -0.2) is 48.9 Å². The lowest BCUT2D eigenvalue weighted by Crippen LogP contribution is -2.26. The zero-order valence-electron chi connectivity index (χ0n) is 17.7. The highest BCUT2D eigenvalue weighted by molar-refractivity contribution is 6.08. The van der Waals surface area contributed by atoms with Crippen LogP contribution < -0.4 is 26.7 Å².